The fraction of sp³-hybridized carbons (Fsp3) is 0.421. The zero-order chi connectivity index (χ0) is 21.9. The van der Waals surface area contributed by atoms with Gasteiger partial charge in [-0.1, -0.05) is 18.2 Å². The van der Waals surface area contributed by atoms with Gasteiger partial charge in [-0.25, -0.2) is 8.42 Å². The molecule has 0 saturated carbocycles. The Kier molecular flexibility index (Phi) is 6.73. The van der Waals surface area contributed by atoms with Crippen LogP contribution in [-0.2, 0) is 21.4 Å². The van der Waals surface area contributed by atoms with Crippen LogP contribution in [0.5, 0.6) is 5.75 Å². The Morgan fingerprint density at radius 3 is 2.67 bits per heavy atom. The van der Waals surface area contributed by atoms with Crippen LogP contribution in [0.1, 0.15) is 23.3 Å². The third-order valence-electron chi connectivity index (χ3n) is 4.72. The summed E-state index contributed by atoms with van der Waals surface area (Å²) in [7, 11) is -3.67. The minimum atomic E-state index is -4.83. The topological polar surface area (TPSA) is 75.7 Å². The van der Waals surface area contributed by atoms with E-state index in [0.717, 1.165) is 4.88 Å². The molecule has 11 heteroatoms. The zero-order valence-corrected chi connectivity index (χ0v) is 17.7. The Hall–Kier alpha value is -2.11. The number of rotatable bonds is 6. The van der Waals surface area contributed by atoms with Crippen molar-refractivity contribution in [1.82, 2.24) is 9.62 Å². The maximum absolute atomic E-state index is 12.8. The number of nitrogens with zero attached hydrogens (tertiary/aromatic N) is 1. The molecule has 3 rings (SSSR count). The third-order valence-corrected chi connectivity index (χ3v) is 8.05. The van der Waals surface area contributed by atoms with E-state index in [1.807, 2.05) is 6.92 Å². The molecule has 0 bridgehead atoms. The number of sulfonamides is 1. The molecule has 2 aromatic rings. The number of benzene rings is 1. The molecule has 0 radical (unpaired) electrons. The highest BCUT2D eigenvalue weighted by Gasteiger charge is 2.34. The van der Waals surface area contributed by atoms with Gasteiger partial charge in [0.2, 0.25) is 5.91 Å². The second-order valence-electron chi connectivity index (χ2n) is 6.94. The molecule has 1 fully saturated rings. The lowest BCUT2D eigenvalue weighted by Gasteiger charge is -2.30. The van der Waals surface area contributed by atoms with Gasteiger partial charge in [0.25, 0.3) is 10.0 Å². The van der Waals surface area contributed by atoms with Gasteiger partial charge in [0.05, 0.1) is 5.92 Å². The van der Waals surface area contributed by atoms with Gasteiger partial charge >= 0.3 is 6.36 Å². The molecule has 0 aliphatic carbocycles. The maximum Gasteiger partial charge on any atom is 0.573 e. The van der Waals surface area contributed by atoms with Crippen molar-refractivity contribution in [3.05, 3.63) is 46.8 Å². The van der Waals surface area contributed by atoms with Crippen molar-refractivity contribution in [2.24, 2.45) is 5.92 Å². The summed E-state index contributed by atoms with van der Waals surface area (Å²) in [5, 5.41) is 2.61. The zero-order valence-electron chi connectivity index (χ0n) is 16.1. The number of amides is 1. The fourth-order valence-corrected chi connectivity index (χ4v) is 6.21. The molecule has 1 saturated heterocycles. The average molecular weight is 463 g/mol. The summed E-state index contributed by atoms with van der Waals surface area (Å²) in [5.41, 5.74) is 0.178. The second-order valence-corrected chi connectivity index (χ2v) is 10.4. The van der Waals surface area contributed by atoms with E-state index in [-0.39, 0.29) is 28.6 Å². The number of ether oxygens (including phenoxy) is 1. The van der Waals surface area contributed by atoms with Gasteiger partial charge in [-0.15, -0.1) is 24.5 Å². The number of hydrogen-bond donors (Lipinski definition) is 1. The Balaban J connectivity index is 1.64. The van der Waals surface area contributed by atoms with Crippen LogP contribution >= 0.6 is 11.3 Å². The number of nitrogens with one attached hydrogen (secondary N) is 1. The fourth-order valence-electron chi connectivity index (χ4n) is 3.25. The molecule has 1 amide bonds. The van der Waals surface area contributed by atoms with Gasteiger partial charge in [0.1, 0.15) is 9.96 Å². The minimum absolute atomic E-state index is 0.0335. The Morgan fingerprint density at radius 1 is 1.27 bits per heavy atom. The van der Waals surface area contributed by atoms with Crippen LogP contribution in [0.25, 0.3) is 0 Å². The quantitative estimate of drug-likeness (QED) is 0.711. The molecule has 1 aliphatic heterocycles. The van der Waals surface area contributed by atoms with E-state index >= 15 is 0 Å². The summed E-state index contributed by atoms with van der Waals surface area (Å²) in [6, 6.07) is 8.83. The van der Waals surface area contributed by atoms with E-state index in [1.54, 1.807) is 18.2 Å². The Bertz CT molecular complexity index is 1010. The number of alkyl halides is 3. The minimum Gasteiger partial charge on any atom is -0.405 e. The number of para-hydroxylation sites is 1. The second kappa shape index (κ2) is 8.94. The van der Waals surface area contributed by atoms with Gasteiger partial charge in [-0.05, 0) is 38.0 Å². The predicted octanol–water partition coefficient (Wildman–Crippen LogP) is 3.67. The number of aryl methyl sites for hydroxylation is 1. The predicted molar refractivity (Wildman–Crippen MR) is 106 cm³/mol. The van der Waals surface area contributed by atoms with Crippen LogP contribution in [0, 0.1) is 12.8 Å². The molecule has 1 unspecified atom stereocenters. The first-order valence-corrected chi connectivity index (χ1v) is 11.5. The molecule has 6 nitrogen and oxygen atoms in total. The number of halogens is 3. The molecule has 1 aliphatic rings. The van der Waals surface area contributed by atoms with Crippen molar-refractivity contribution in [2.45, 2.75) is 36.9 Å². The smallest absolute Gasteiger partial charge is 0.405 e. The van der Waals surface area contributed by atoms with Gasteiger partial charge in [-0.2, -0.15) is 4.31 Å². The lowest BCUT2D eigenvalue weighted by molar-refractivity contribution is -0.274. The van der Waals surface area contributed by atoms with Crippen molar-refractivity contribution in [3.63, 3.8) is 0 Å². The summed E-state index contributed by atoms with van der Waals surface area (Å²) in [4.78, 5) is 13.5. The summed E-state index contributed by atoms with van der Waals surface area (Å²) in [6.45, 7) is 2.02. The van der Waals surface area contributed by atoms with Crippen LogP contribution < -0.4 is 10.1 Å². The van der Waals surface area contributed by atoms with Crippen LogP contribution in [-0.4, -0.2) is 38.1 Å². The van der Waals surface area contributed by atoms with Crippen LogP contribution in [0.2, 0.25) is 0 Å². The van der Waals surface area contributed by atoms with E-state index in [4.69, 9.17) is 0 Å². The molecule has 0 spiro atoms. The summed E-state index contributed by atoms with van der Waals surface area (Å²) in [6.07, 6.45) is -3.81. The molecule has 164 valence electrons. The SMILES string of the molecule is Cc1ccc(S(=O)(=O)N2CCCC(C(=O)NCc3ccccc3OC(F)(F)F)C2)s1. The van der Waals surface area contributed by atoms with E-state index in [2.05, 4.69) is 10.1 Å². The standard InChI is InChI=1S/C19H21F3N2O4S2/c1-13-8-9-17(29-13)30(26,27)24-10-4-6-15(12-24)18(25)23-11-14-5-2-3-7-16(14)28-19(20,21)22/h2-3,5,7-9,15H,4,6,10-12H2,1H3,(H,23,25). The van der Waals surface area contributed by atoms with E-state index in [0.29, 0.717) is 19.4 Å². The van der Waals surface area contributed by atoms with Crippen molar-refractivity contribution in [3.8, 4) is 5.75 Å². The summed E-state index contributed by atoms with van der Waals surface area (Å²) >= 11 is 1.18. The van der Waals surface area contributed by atoms with Crippen molar-refractivity contribution in [2.75, 3.05) is 13.1 Å². The first-order valence-electron chi connectivity index (χ1n) is 9.24. The van der Waals surface area contributed by atoms with E-state index in [1.165, 1.54) is 33.8 Å². The van der Waals surface area contributed by atoms with Crippen LogP contribution in [0.15, 0.2) is 40.6 Å². The number of piperidine rings is 1. The first-order chi connectivity index (χ1) is 14.1. The van der Waals surface area contributed by atoms with E-state index in [9.17, 15) is 26.4 Å². The molecule has 1 N–H and O–H groups in total. The van der Waals surface area contributed by atoms with Crippen LogP contribution in [0.3, 0.4) is 0 Å². The summed E-state index contributed by atoms with van der Waals surface area (Å²) < 4.78 is 68.7. The molecule has 2 heterocycles. The molecule has 1 aromatic carbocycles. The Morgan fingerprint density at radius 2 is 2.00 bits per heavy atom. The normalized spacial score (nSPS) is 18.2. The third kappa shape index (κ3) is 5.52. The lowest BCUT2D eigenvalue weighted by Crippen LogP contribution is -2.45. The van der Waals surface area contributed by atoms with Crippen molar-refractivity contribution >= 4 is 27.3 Å². The van der Waals surface area contributed by atoms with Gasteiger partial charge in [0.15, 0.2) is 0 Å². The Labute approximate surface area is 176 Å². The van der Waals surface area contributed by atoms with Gasteiger partial charge in [0, 0.05) is 30.1 Å². The number of hydrogen-bond acceptors (Lipinski definition) is 5. The molecular formula is C19H21F3N2O4S2. The molecule has 1 aromatic heterocycles. The molecular weight excluding hydrogens is 441 g/mol. The van der Waals surface area contributed by atoms with Crippen molar-refractivity contribution < 1.29 is 31.1 Å². The molecule has 30 heavy (non-hydrogen) atoms. The number of carbonyl (C=O) groups is 1. The maximum atomic E-state index is 12.8. The first kappa shape index (κ1) is 22.6. The summed E-state index contributed by atoms with van der Waals surface area (Å²) in [5.74, 6) is -1.37. The van der Waals surface area contributed by atoms with Gasteiger partial charge < -0.3 is 10.1 Å². The highest BCUT2D eigenvalue weighted by Crippen LogP contribution is 2.29. The largest absolute Gasteiger partial charge is 0.573 e. The highest BCUT2D eigenvalue weighted by molar-refractivity contribution is 7.91. The van der Waals surface area contributed by atoms with Crippen molar-refractivity contribution in [1.29, 1.82) is 0 Å². The highest BCUT2D eigenvalue weighted by atomic mass is 32.2. The number of thiophene rings is 1. The molecule has 1 atom stereocenters. The average Bonchev–Trinajstić information content (AvgIpc) is 3.13. The number of carbonyl (C=O) groups excluding carboxylic acids is 1. The monoisotopic (exact) mass is 462 g/mol. The van der Waals surface area contributed by atoms with Gasteiger partial charge in [-0.3, -0.25) is 4.79 Å². The lowest BCUT2D eigenvalue weighted by atomic mass is 9.98. The van der Waals surface area contributed by atoms with Crippen LogP contribution in [0.4, 0.5) is 13.2 Å². The van der Waals surface area contributed by atoms with E-state index < -0.39 is 28.2 Å².